The molecule has 1 aromatic heterocycles. The Morgan fingerprint density at radius 3 is 2.32 bits per heavy atom. The number of hydrogen-bond donors (Lipinski definition) is 3. The average molecular weight is 464 g/mol. The maximum atomic E-state index is 13.2. The minimum Gasteiger partial charge on any atom is -0.469 e. The first-order valence-corrected chi connectivity index (χ1v) is 11.4. The highest BCUT2D eigenvalue weighted by Gasteiger charge is 2.29. The summed E-state index contributed by atoms with van der Waals surface area (Å²) in [6, 6.07) is 16.6. The lowest BCUT2D eigenvalue weighted by atomic mass is 9.94. The number of aromatic nitrogens is 1. The van der Waals surface area contributed by atoms with E-state index in [9.17, 15) is 14.4 Å². The van der Waals surface area contributed by atoms with Gasteiger partial charge in [0.1, 0.15) is 6.04 Å². The van der Waals surface area contributed by atoms with E-state index in [0.717, 1.165) is 22.0 Å². The van der Waals surface area contributed by atoms with Crippen molar-refractivity contribution in [1.82, 2.24) is 15.6 Å². The van der Waals surface area contributed by atoms with Crippen LogP contribution < -0.4 is 10.6 Å². The summed E-state index contributed by atoms with van der Waals surface area (Å²) in [5, 5.41) is 6.77. The van der Waals surface area contributed by atoms with Crippen LogP contribution in [0, 0.1) is 11.3 Å². The Bertz CT molecular complexity index is 1130. The van der Waals surface area contributed by atoms with E-state index >= 15 is 0 Å². The number of amides is 2. The predicted octanol–water partition coefficient (Wildman–Crippen LogP) is 3.39. The predicted molar refractivity (Wildman–Crippen MR) is 132 cm³/mol. The molecule has 0 saturated carbocycles. The Hall–Kier alpha value is -3.61. The lowest BCUT2D eigenvalue weighted by molar-refractivity contribution is -0.145. The van der Waals surface area contributed by atoms with Gasteiger partial charge in [-0.3, -0.25) is 14.4 Å². The number of hydrogen-bond acceptors (Lipinski definition) is 4. The zero-order valence-electron chi connectivity index (χ0n) is 20.2. The van der Waals surface area contributed by atoms with Crippen LogP contribution in [-0.2, 0) is 32.0 Å². The number of benzene rings is 2. The number of para-hydroxylation sites is 1. The van der Waals surface area contributed by atoms with E-state index in [-0.39, 0.29) is 18.4 Å². The minimum absolute atomic E-state index is 0.107. The number of aromatic amines is 1. The number of methoxy groups -OCH3 is 1. The average Bonchev–Trinajstić information content (AvgIpc) is 3.23. The van der Waals surface area contributed by atoms with E-state index in [4.69, 9.17) is 4.74 Å². The van der Waals surface area contributed by atoms with Crippen molar-refractivity contribution in [3.8, 4) is 0 Å². The molecule has 34 heavy (non-hydrogen) atoms. The Balaban J connectivity index is 1.76. The maximum Gasteiger partial charge on any atom is 0.310 e. The van der Waals surface area contributed by atoms with Crippen LogP contribution in [0.5, 0.6) is 0 Å². The summed E-state index contributed by atoms with van der Waals surface area (Å²) < 4.78 is 4.96. The monoisotopic (exact) mass is 463 g/mol. The van der Waals surface area contributed by atoms with Crippen LogP contribution in [0.3, 0.4) is 0 Å². The molecule has 0 bridgehead atoms. The molecule has 180 valence electrons. The largest absolute Gasteiger partial charge is 0.469 e. The van der Waals surface area contributed by atoms with Crippen LogP contribution in [0.15, 0.2) is 60.8 Å². The molecule has 3 aromatic rings. The Kier molecular flexibility index (Phi) is 8.10. The molecule has 3 rings (SSSR count). The number of carbonyl (C=O) groups excluding carboxylic acids is 3. The first-order valence-electron chi connectivity index (χ1n) is 11.4. The normalized spacial score (nSPS) is 13.2. The van der Waals surface area contributed by atoms with Crippen molar-refractivity contribution in [3.63, 3.8) is 0 Å². The molecule has 1 heterocycles. The van der Waals surface area contributed by atoms with Gasteiger partial charge in [0, 0.05) is 35.5 Å². The van der Waals surface area contributed by atoms with E-state index in [0.29, 0.717) is 12.8 Å². The van der Waals surface area contributed by atoms with Crippen molar-refractivity contribution in [3.05, 3.63) is 71.9 Å². The van der Waals surface area contributed by atoms with Crippen LogP contribution in [0.4, 0.5) is 0 Å². The van der Waals surface area contributed by atoms with Crippen molar-refractivity contribution >= 4 is 28.7 Å². The van der Waals surface area contributed by atoms with E-state index in [1.807, 2.05) is 60.8 Å². The smallest absolute Gasteiger partial charge is 0.310 e. The van der Waals surface area contributed by atoms with Gasteiger partial charge in [-0.15, -0.1) is 0 Å². The van der Waals surface area contributed by atoms with Crippen LogP contribution in [0.1, 0.15) is 31.9 Å². The standard InChI is InChI=1S/C27H33N3O4/c1-27(2,3)26(33)30-23(15-19-16-28-22-13-9-8-12-21(19)22)24(31)29-17-20(25(32)34-4)14-18-10-6-5-7-11-18/h5-13,16,20,23,28H,14-15,17H2,1-4H3,(H,29,31)(H,30,33). The summed E-state index contributed by atoms with van der Waals surface area (Å²) in [4.78, 5) is 41.6. The highest BCUT2D eigenvalue weighted by Crippen LogP contribution is 2.20. The number of nitrogens with one attached hydrogen (secondary N) is 3. The Labute approximate surface area is 200 Å². The van der Waals surface area contributed by atoms with Crippen molar-refractivity contribution < 1.29 is 19.1 Å². The Morgan fingerprint density at radius 1 is 0.971 bits per heavy atom. The van der Waals surface area contributed by atoms with Gasteiger partial charge >= 0.3 is 5.97 Å². The summed E-state index contributed by atoms with van der Waals surface area (Å²) in [7, 11) is 1.34. The van der Waals surface area contributed by atoms with Gasteiger partial charge < -0.3 is 20.4 Å². The zero-order chi connectivity index (χ0) is 24.7. The second kappa shape index (κ2) is 11.0. The molecule has 7 nitrogen and oxygen atoms in total. The molecular weight excluding hydrogens is 430 g/mol. The van der Waals surface area contributed by atoms with Crippen molar-refractivity contribution in [2.45, 2.75) is 39.7 Å². The van der Waals surface area contributed by atoms with Crippen LogP contribution in [-0.4, -0.2) is 42.5 Å². The molecule has 2 amide bonds. The molecule has 3 N–H and O–H groups in total. The van der Waals surface area contributed by atoms with Gasteiger partial charge in [0.2, 0.25) is 11.8 Å². The quantitative estimate of drug-likeness (QED) is 0.424. The van der Waals surface area contributed by atoms with E-state index in [1.54, 1.807) is 20.8 Å². The lowest BCUT2D eigenvalue weighted by Gasteiger charge is -2.24. The number of ether oxygens (including phenoxy) is 1. The van der Waals surface area contributed by atoms with Crippen LogP contribution in [0.2, 0.25) is 0 Å². The van der Waals surface area contributed by atoms with E-state index in [2.05, 4.69) is 15.6 Å². The van der Waals surface area contributed by atoms with Gasteiger partial charge in [-0.1, -0.05) is 69.3 Å². The molecule has 0 spiro atoms. The van der Waals surface area contributed by atoms with Crippen LogP contribution in [0.25, 0.3) is 10.9 Å². The van der Waals surface area contributed by atoms with Gasteiger partial charge in [-0.2, -0.15) is 0 Å². The second-order valence-corrected chi connectivity index (χ2v) is 9.49. The molecule has 0 aliphatic heterocycles. The first kappa shape index (κ1) is 25.0. The Morgan fingerprint density at radius 2 is 1.65 bits per heavy atom. The third kappa shape index (κ3) is 6.47. The van der Waals surface area contributed by atoms with E-state index in [1.165, 1.54) is 7.11 Å². The molecule has 2 atom stereocenters. The van der Waals surface area contributed by atoms with Gasteiger partial charge in [0.05, 0.1) is 13.0 Å². The van der Waals surface area contributed by atoms with Gasteiger partial charge in [-0.25, -0.2) is 0 Å². The highest BCUT2D eigenvalue weighted by atomic mass is 16.5. The van der Waals surface area contributed by atoms with E-state index < -0.39 is 23.3 Å². The molecule has 7 heteroatoms. The summed E-state index contributed by atoms with van der Waals surface area (Å²) in [6.45, 7) is 5.51. The van der Waals surface area contributed by atoms with Crippen molar-refractivity contribution in [1.29, 1.82) is 0 Å². The summed E-state index contributed by atoms with van der Waals surface area (Å²) >= 11 is 0. The minimum atomic E-state index is -0.791. The van der Waals surface area contributed by atoms with Crippen molar-refractivity contribution in [2.24, 2.45) is 11.3 Å². The molecule has 0 aliphatic rings. The number of fused-ring (bicyclic) bond motifs is 1. The molecule has 0 saturated heterocycles. The summed E-state index contributed by atoms with van der Waals surface area (Å²) in [5.74, 6) is -1.49. The molecule has 2 aromatic carbocycles. The molecule has 0 radical (unpaired) electrons. The molecule has 0 aliphatic carbocycles. The van der Waals surface area contributed by atoms with Gasteiger partial charge in [0.25, 0.3) is 0 Å². The SMILES string of the molecule is COC(=O)C(CNC(=O)C(Cc1c[nH]c2ccccc12)NC(=O)C(C)(C)C)Cc1ccccc1. The molecule has 0 fully saturated rings. The molecule has 2 unspecified atom stereocenters. The zero-order valence-corrected chi connectivity index (χ0v) is 20.2. The number of esters is 1. The van der Waals surface area contributed by atoms with Crippen LogP contribution >= 0.6 is 0 Å². The topological polar surface area (TPSA) is 100 Å². The van der Waals surface area contributed by atoms with Gasteiger partial charge in [0.15, 0.2) is 0 Å². The van der Waals surface area contributed by atoms with Gasteiger partial charge in [-0.05, 0) is 23.6 Å². The fourth-order valence-corrected chi connectivity index (χ4v) is 3.76. The fourth-order valence-electron chi connectivity index (χ4n) is 3.76. The van der Waals surface area contributed by atoms with Crippen molar-refractivity contribution in [2.75, 3.05) is 13.7 Å². The fraction of sp³-hybridized carbons (Fsp3) is 0.370. The summed E-state index contributed by atoms with van der Waals surface area (Å²) in [5.41, 5.74) is 2.22. The highest BCUT2D eigenvalue weighted by molar-refractivity contribution is 5.91. The number of rotatable bonds is 9. The lowest BCUT2D eigenvalue weighted by Crippen LogP contribution is -2.52. The number of carbonyl (C=O) groups is 3. The third-order valence-electron chi connectivity index (χ3n) is 5.78. The first-order chi connectivity index (χ1) is 16.2. The summed E-state index contributed by atoms with van der Waals surface area (Å²) in [6.07, 6.45) is 2.62. The number of H-pyrrole nitrogens is 1. The third-order valence-corrected chi connectivity index (χ3v) is 5.78. The second-order valence-electron chi connectivity index (χ2n) is 9.49. The maximum absolute atomic E-state index is 13.2. The molecular formula is C27H33N3O4.